The van der Waals surface area contributed by atoms with Gasteiger partial charge >= 0.3 is 0 Å². The first-order chi connectivity index (χ1) is 11.6. The summed E-state index contributed by atoms with van der Waals surface area (Å²) in [5, 5.41) is 10.7. The van der Waals surface area contributed by atoms with Crippen molar-refractivity contribution in [1.29, 1.82) is 0 Å². The van der Waals surface area contributed by atoms with E-state index in [1.165, 1.54) is 43.5 Å². The second-order valence-corrected chi connectivity index (χ2v) is 7.49. The molecule has 2 saturated heterocycles. The van der Waals surface area contributed by atoms with Gasteiger partial charge in [-0.15, -0.1) is 0 Å². The van der Waals surface area contributed by atoms with E-state index < -0.39 is 6.10 Å². The predicted octanol–water partition coefficient (Wildman–Crippen LogP) is 2.52. The van der Waals surface area contributed by atoms with E-state index in [1.807, 2.05) is 0 Å². The highest BCUT2D eigenvalue weighted by Gasteiger charge is 2.25. The molecular weight excluding hydrogens is 300 g/mol. The van der Waals surface area contributed by atoms with Crippen molar-refractivity contribution in [3.8, 4) is 0 Å². The lowest BCUT2D eigenvalue weighted by atomic mass is 10.00. The van der Waals surface area contributed by atoms with Crippen LogP contribution in [0.3, 0.4) is 0 Å². The molecule has 1 N–H and O–H groups in total. The molecule has 134 valence electrons. The number of morpholine rings is 1. The standard InChI is InChI=1S/C20H32N2O2/c1-16-6-7-17(2)19(12-16)20(23)15-22-10-11-24-18(14-22)13-21-8-4-3-5-9-21/h6-7,12,18,20,23H,3-5,8-11,13-15H2,1-2H3/t18-,20-/m0/s1. The van der Waals surface area contributed by atoms with E-state index in [9.17, 15) is 5.11 Å². The summed E-state index contributed by atoms with van der Waals surface area (Å²) in [4.78, 5) is 4.91. The van der Waals surface area contributed by atoms with Gasteiger partial charge in [0, 0.05) is 26.2 Å². The summed E-state index contributed by atoms with van der Waals surface area (Å²) in [6.45, 7) is 10.9. The molecule has 1 aromatic rings. The summed E-state index contributed by atoms with van der Waals surface area (Å²) in [6.07, 6.45) is 3.88. The maximum absolute atomic E-state index is 10.7. The molecule has 2 aliphatic rings. The molecule has 24 heavy (non-hydrogen) atoms. The fraction of sp³-hybridized carbons (Fsp3) is 0.700. The first-order valence-electron chi connectivity index (χ1n) is 9.43. The van der Waals surface area contributed by atoms with Crippen molar-refractivity contribution >= 4 is 0 Å². The van der Waals surface area contributed by atoms with Crippen LogP contribution in [0.5, 0.6) is 0 Å². The van der Waals surface area contributed by atoms with Gasteiger partial charge in [-0.25, -0.2) is 0 Å². The number of nitrogens with zero attached hydrogens (tertiary/aromatic N) is 2. The van der Waals surface area contributed by atoms with Crippen LogP contribution in [-0.2, 0) is 4.74 Å². The second kappa shape index (κ2) is 8.43. The molecular formula is C20H32N2O2. The minimum absolute atomic E-state index is 0.280. The Labute approximate surface area is 146 Å². The number of hydrogen-bond donors (Lipinski definition) is 1. The SMILES string of the molecule is Cc1ccc(C)c([C@@H](O)CN2CCO[C@@H](CN3CCCCC3)C2)c1. The molecule has 0 aromatic heterocycles. The largest absolute Gasteiger partial charge is 0.387 e. The summed E-state index contributed by atoms with van der Waals surface area (Å²) in [5.41, 5.74) is 3.44. The Kier molecular flexibility index (Phi) is 6.28. The van der Waals surface area contributed by atoms with Gasteiger partial charge in [0.15, 0.2) is 0 Å². The van der Waals surface area contributed by atoms with Crippen LogP contribution >= 0.6 is 0 Å². The van der Waals surface area contributed by atoms with Gasteiger partial charge in [-0.2, -0.15) is 0 Å². The summed E-state index contributed by atoms with van der Waals surface area (Å²) < 4.78 is 5.98. The predicted molar refractivity (Wildman–Crippen MR) is 97.3 cm³/mol. The van der Waals surface area contributed by atoms with Crippen molar-refractivity contribution in [2.45, 2.75) is 45.3 Å². The van der Waals surface area contributed by atoms with Crippen LogP contribution < -0.4 is 0 Å². The van der Waals surface area contributed by atoms with Crippen molar-refractivity contribution in [2.24, 2.45) is 0 Å². The molecule has 4 heteroatoms. The van der Waals surface area contributed by atoms with Gasteiger partial charge in [-0.05, 0) is 50.9 Å². The Morgan fingerprint density at radius 3 is 2.71 bits per heavy atom. The fourth-order valence-corrected chi connectivity index (χ4v) is 3.95. The Morgan fingerprint density at radius 1 is 1.12 bits per heavy atom. The normalized spacial score (nSPS) is 24.9. The molecule has 0 saturated carbocycles. The second-order valence-electron chi connectivity index (χ2n) is 7.49. The topological polar surface area (TPSA) is 35.9 Å². The van der Waals surface area contributed by atoms with Crippen molar-refractivity contribution in [3.63, 3.8) is 0 Å². The lowest BCUT2D eigenvalue weighted by Crippen LogP contribution is -2.49. The van der Waals surface area contributed by atoms with Crippen molar-refractivity contribution in [1.82, 2.24) is 9.80 Å². The van der Waals surface area contributed by atoms with Crippen LogP contribution in [0.25, 0.3) is 0 Å². The number of ether oxygens (including phenoxy) is 1. The number of piperidine rings is 1. The van der Waals surface area contributed by atoms with E-state index in [-0.39, 0.29) is 6.10 Å². The summed E-state index contributed by atoms with van der Waals surface area (Å²) in [7, 11) is 0. The highest BCUT2D eigenvalue weighted by atomic mass is 16.5. The van der Waals surface area contributed by atoms with Gasteiger partial charge < -0.3 is 14.7 Å². The van der Waals surface area contributed by atoms with Gasteiger partial charge in [0.2, 0.25) is 0 Å². The molecule has 3 rings (SSSR count). The molecule has 0 bridgehead atoms. The number of benzene rings is 1. The molecule has 2 aliphatic heterocycles. The summed E-state index contributed by atoms with van der Waals surface area (Å²) >= 11 is 0. The van der Waals surface area contributed by atoms with Gasteiger partial charge in [-0.3, -0.25) is 4.90 Å². The minimum Gasteiger partial charge on any atom is -0.387 e. The number of aliphatic hydroxyl groups is 1. The van der Waals surface area contributed by atoms with E-state index >= 15 is 0 Å². The number of aliphatic hydroxyl groups excluding tert-OH is 1. The Balaban J connectivity index is 1.53. The maximum Gasteiger partial charge on any atom is 0.0919 e. The summed E-state index contributed by atoms with van der Waals surface area (Å²) in [6, 6.07) is 6.33. The number of hydrogen-bond acceptors (Lipinski definition) is 4. The zero-order valence-electron chi connectivity index (χ0n) is 15.2. The molecule has 2 atom stereocenters. The zero-order valence-corrected chi connectivity index (χ0v) is 15.2. The van der Waals surface area contributed by atoms with Crippen LogP contribution in [0, 0.1) is 13.8 Å². The minimum atomic E-state index is -0.418. The van der Waals surface area contributed by atoms with Crippen molar-refractivity contribution in [2.75, 3.05) is 45.9 Å². The molecule has 0 spiro atoms. The smallest absolute Gasteiger partial charge is 0.0919 e. The van der Waals surface area contributed by atoms with Crippen LogP contribution in [-0.4, -0.2) is 66.9 Å². The van der Waals surface area contributed by atoms with Gasteiger partial charge in [0.1, 0.15) is 0 Å². The molecule has 0 aliphatic carbocycles. The van der Waals surface area contributed by atoms with Gasteiger partial charge in [0.25, 0.3) is 0 Å². The lowest BCUT2D eigenvalue weighted by molar-refractivity contribution is -0.0550. The third-order valence-electron chi connectivity index (χ3n) is 5.36. The Hall–Kier alpha value is -0.940. The third-order valence-corrected chi connectivity index (χ3v) is 5.36. The Bertz CT molecular complexity index is 528. The van der Waals surface area contributed by atoms with E-state index in [2.05, 4.69) is 41.8 Å². The fourth-order valence-electron chi connectivity index (χ4n) is 3.95. The number of rotatable bonds is 5. The molecule has 0 unspecified atom stereocenters. The van der Waals surface area contributed by atoms with Crippen molar-refractivity contribution < 1.29 is 9.84 Å². The van der Waals surface area contributed by atoms with Crippen LogP contribution in [0.1, 0.15) is 42.1 Å². The monoisotopic (exact) mass is 332 g/mol. The average molecular weight is 332 g/mol. The van der Waals surface area contributed by atoms with E-state index in [0.717, 1.165) is 31.8 Å². The molecule has 2 heterocycles. The van der Waals surface area contributed by atoms with Crippen LogP contribution in [0.15, 0.2) is 18.2 Å². The lowest BCUT2D eigenvalue weighted by Gasteiger charge is -2.37. The third kappa shape index (κ3) is 4.79. The summed E-state index contributed by atoms with van der Waals surface area (Å²) in [5.74, 6) is 0. The number of likely N-dealkylation sites (tertiary alicyclic amines) is 1. The van der Waals surface area contributed by atoms with Gasteiger partial charge in [-0.1, -0.05) is 30.2 Å². The van der Waals surface area contributed by atoms with Crippen LogP contribution in [0.4, 0.5) is 0 Å². The number of β-amino-alcohol motifs (C(OH)–C–C–N with tert-alkyl or cyclic N) is 1. The van der Waals surface area contributed by atoms with E-state index in [0.29, 0.717) is 6.54 Å². The number of aryl methyl sites for hydroxylation is 2. The quantitative estimate of drug-likeness (QED) is 0.899. The Morgan fingerprint density at radius 2 is 1.92 bits per heavy atom. The average Bonchev–Trinajstić information content (AvgIpc) is 2.58. The molecule has 0 amide bonds. The highest BCUT2D eigenvalue weighted by molar-refractivity contribution is 5.32. The zero-order chi connectivity index (χ0) is 16.9. The molecule has 0 radical (unpaired) electrons. The first kappa shape index (κ1) is 17.9. The molecule has 2 fully saturated rings. The van der Waals surface area contributed by atoms with Crippen LogP contribution in [0.2, 0.25) is 0 Å². The van der Waals surface area contributed by atoms with Gasteiger partial charge in [0.05, 0.1) is 18.8 Å². The molecule has 4 nitrogen and oxygen atoms in total. The van der Waals surface area contributed by atoms with Crippen molar-refractivity contribution in [3.05, 3.63) is 34.9 Å². The first-order valence-corrected chi connectivity index (χ1v) is 9.43. The highest BCUT2D eigenvalue weighted by Crippen LogP contribution is 2.21. The van der Waals surface area contributed by atoms with E-state index in [4.69, 9.17) is 4.74 Å². The maximum atomic E-state index is 10.7. The molecule has 1 aromatic carbocycles. The van der Waals surface area contributed by atoms with E-state index in [1.54, 1.807) is 0 Å².